The first-order valence-electron chi connectivity index (χ1n) is 5.45. The Morgan fingerprint density at radius 2 is 2.21 bits per heavy atom. The monoisotopic (exact) mass is 274 g/mol. The smallest absolute Gasteiger partial charge is 0.310 e. The summed E-state index contributed by atoms with van der Waals surface area (Å²) in [6.45, 7) is 3.09. The van der Waals surface area contributed by atoms with Crippen LogP contribution in [-0.2, 0) is 16.0 Å². The van der Waals surface area contributed by atoms with Gasteiger partial charge in [0.15, 0.2) is 0 Å². The van der Waals surface area contributed by atoms with Gasteiger partial charge >= 0.3 is 5.97 Å². The Morgan fingerprint density at radius 3 is 2.68 bits per heavy atom. The van der Waals surface area contributed by atoms with Gasteiger partial charge in [-0.25, -0.2) is 8.78 Å². The molecule has 0 amide bonds. The van der Waals surface area contributed by atoms with E-state index in [4.69, 9.17) is 0 Å². The molecule has 1 aromatic rings. The summed E-state index contributed by atoms with van der Waals surface area (Å²) in [6, 6.07) is 0. The number of nitrogens with zero attached hydrogens (tertiary/aromatic N) is 2. The second-order valence-electron chi connectivity index (χ2n) is 3.67. The molecular formula is C11H12F2N2O4. The fourth-order valence-corrected chi connectivity index (χ4v) is 1.59. The SMILES string of the molecule is CCOC(=O)Cc1c(C)ncc(C(F)F)c1[N+](=O)[O-]. The lowest BCUT2D eigenvalue weighted by Gasteiger charge is -2.09. The molecule has 6 nitrogen and oxygen atoms in total. The molecule has 0 unspecified atom stereocenters. The first-order chi connectivity index (χ1) is 8.88. The number of rotatable bonds is 5. The van der Waals surface area contributed by atoms with E-state index in [2.05, 4.69) is 9.72 Å². The van der Waals surface area contributed by atoms with E-state index in [9.17, 15) is 23.7 Å². The first-order valence-corrected chi connectivity index (χ1v) is 5.45. The Bertz CT molecular complexity index is 506. The number of hydrogen-bond donors (Lipinski definition) is 0. The molecule has 1 rings (SSSR count). The lowest BCUT2D eigenvalue weighted by Crippen LogP contribution is -2.13. The Hall–Kier alpha value is -2.12. The molecule has 0 radical (unpaired) electrons. The number of alkyl halides is 2. The van der Waals surface area contributed by atoms with Gasteiger partial charge in [0, 0.05) is 11.9 Å². The van der Waals surface area contributed by atoms with Crippen molar-refractivity contribution >= 4 is 11.7 Å². The van der Waals surface area contributed by atoms with Crippen molar-refractivity contribution < 1.29 is 23.2 Å². The number of hydrogen-bond acceptors (Lipinski definition) is 5. The highest BCUT2D eigenvalue weighted by atomic mass is 19.3. The summed E-state index contributed by atoms with van der Waals surface area (Å²) in [4.78, 5) is 25.0. The maximum absolute atomic E-state index is 12.7. The minimum absolute atomic E-state index is 0.105. The largest absolute Gasteiger partial charge is 0.466 e. The molecule has 0 aliphatic carbocycles. The lowest BCUT2D eigenvalue weighted by atomic mass is 10.0. The predicted octanol–water partition coefficient (Wildman–Crippen LogP) is 2.34. The third-order valence-electron chi connectivity index (χ3n) is 2.44. The van der Waals surface area contributed by atoms with Crippen LogP contribution in [-0.4, -0.2) is 22.5 Å². The van der Waals surface area contributed by atoms with Crippen LogP contribution in [0.15, 0.2) is 6.20 Å². The van der Waals surface area contributed by atoms with Crippen LogP contribution < -0.4 is 0 Å². The van der Waals surface area contributed by atoms with Crippen LogP contribution in [0.1, 0.15) is 30.2 Å². The number of carbonyl (C=O) groups excluding carboxylic acids is 1. The lowest BCUT2D eigenvalue weighted by molar-refractivity contribution is -0.387. The molecular weight excluding hydrogens is 262 g/mol. The zero-order chi connectivity index (χ0) is 14.6. The van der Waals surface area contributed by atoms with Crippen molar-refractivity contribution in [3.05, 3.63) is 33.1 Å². The van der Waals surface area contributed by atoms with E-state index >= 15 is 0 Å². The van der Waals surface area contributed by atoms with E-state index in [1.165, 1.54) is 6.92 Å². The summed E-state index contributed by atoms with van der Waals surface area (Å²) >= 11 is 0. The number of aromatic nitrogens is 1. The van der Waals surface area contributed by atoms with Gasteiger partial charge in [0.05, 0.1) is 23.5 Å². The van der Waals surface area contributed by atoms with Crippen LogP contribution >= 0.6 is 0 Å². The van der Waals surface area contributed by atoms with Crippen molar-refractivity contribution in [1.82, 2.24) is 4.98 Å². The molecule has 1 heterocycles. The fourth-order valence-electron chi connectivity index (χ4n) is 1.59. The molecule has 0 saturated carbocycles. The Balaban J connectivity index is 3.31. The van der Waals surface area contributed by atoms with Gasteiger partial charge < -0.3 is 4.74 Å². The standard InChI is InChI=1S/C11H12F2N2O4/c1-3-19-9(16)4-7-6(2)14-5-8(11(12)13)10(7)15(17)18/h5,11H,3-4H2,1-2H3. The summed E-state index contributed by atoms with van der Waals surface area (Å²) in [6.07, 6.45) is -2.73. The number of nitro groups is 1. The van der Waals surface area contributed by atoms with Crippen molar-refractivity contribution in [2.45, 2.75) is 26.7 Å². The van der Waals surface area contributed by atoms with Crippen molar-refractivity contribution in [3.8, 4) is 0 Å². The van der Waals surface area contributed by atoms with Gasteiger partial charge in [-0.3, -0.25) is 19.9 Å². The molecule has 0 saturated heterocycles. The first kappa shape index (κ1) is 14.9. The van der Waals surface area contributed by atoms with Crippen LogP contribution in [0.5, 0.6) is 0 Å². The van der Waals surface area contributed by atoms with Gasteiger partial charge in [-0.05, 0) is 13.8 Å². The van der Waals surface area contributed by atoms with E-state index in [-0.39, 0.29) is 17.9 Å². The molecule has 0 fully saturated rings. The molecule has 104 valence electrons. The summed E-state index contributed by atoms with van der Waals surface area (Å²) < 4.78 is 30.1. The van der Waals surface area contributed by atoms with Gasteiger partial charge in [-0.15, -0.1) is 0 Å². The molecule has 0 aliphatic rings. The predicted molar refractivity (Wildman–Crippen MR) is 60.9 cm³/mol. The van der Waals surface area contributed by atoms with Gasteiger partial charge in [-0.2, -0.15) is 0 Å². The third-order valence-corrected chi connectivity index (χ3v) is 2.44. The van der Waals surface area contributed by atoms with Crippen molar-refractivity contribution in [2.24, 2.45) is 0 Å². The number of ether oxygens (including phenoxy) is 1. The minimum Gasteiger partial charge on any atom is -0.466 e. The average molecular weight is 274 g/mol. The van der Waals surface area contributed by atoms with Gasteiger partial charge in [-0.1, -0.05) is 0 Å². The van der Waals surface area contributed by atoms with Gasteiger partial charge in [0.1, 0.15) is 5.56 Å². The normalized spacial score (nSPS) is 10.6. The average Bonchev–Trinajstić information content (AvgIpc) is 2.31. The highest BCUT2D eigenvalue weighted by Crippen LogP contribution is 2.32. The second kappa shape index (κ2) is 6.17. The molecule has 0 aromatic carbocycles. The van der Waals surface area contributed by atoms with Crippen LogP contribution in [0, 0.1) is 17.0 Å². The number of esters is 1. The van der Waals surface area contributed by atoms with E-state index in [1.807, 2.05) is 0 Å². The number of pyridine rings is 1. The summed E-state index contributed by atoms with van der Waals surface area (Å²) in [5, 5.41) is 10.9. The zero-order valence-electron chi connectivity index (χ0n) is 10.4. The van der Waals surface area contributed by atoms with Crippen LogP contribution in [0.2, 0.25) is 0 Å². The molecule has 19 heavy (non-hydrogen) atoms. The van der Waals surface area contributed by atoms with E-state index in [1.54, 1.807) is 6.92 Å². The quantitative estimate of drug-likeness (QED) is 0.467. The number of aryl methyl sites for hydroxylation is 1. The fraction of sp³-hybridized carbons (Fsp3) is 0.455. The Labute approximate surface area is 107 Å². The molecule has 0 N–H and O–H groups in total. The highest BCUT2D eigenvalue weighted by Gasteiger charge is 2.29. The summed E-state index contributed by atoms with van der Waals surface area (Å²) in [5.41, 5.74) is -1.55. The van der Waals surface area contributed by atoms with Crippen LogP contribution in [0.3, 0.4) is 0 Å². The van der Waals surface area contributed by atoms with Crippen molar-refractivity contribution in [1.29, 1.82) is 0 Å². The van der Waals surface area contributed by atoms with Gasteiger partial charge in [0.2, 0.25) is 0 Å². The zero-order valence-corrected chi connectivity index (χ0v) is 10.4. The number of halogens is 2. The second-order valence-corrected chi connectivity index (χ2v) is 3.67. The highest BCUT2D eigenvalue weighted by molar-refractivity contribution is 5.75. The minimum atomic E-state index is -3.03. The maximum Gasteiger partial charge on any atom is 0.310 e. The van der Waals surface area contributed by atoms with E-state index < -0.39 is 35.0 Å². The third kappa shape index (κ3) is 3.43. The van der Waals surface area contributed by atoms with Crippen molar-refractivity contribution in [2.75, 3.05) is 6.61 Å². The molecule has 0 aliphatic heterocycles. The molecule has 1 aromatic heterocycles. The maximum atomic E-state index is 12.7. The molecule has 0 atom stereocenters. The van der Waals surface area contributed by atoms with Crippen LogP contribution in [0.4, 0.5) is 14.5 Å². The Kier molecular flexibility index (Phi) is 4.85. The van der Waals surface area contributed by atoms with Crippen LogP contribution in [0.25, 0.3) is 0 Å². The van der Waals surface area contributed by atoms with Crippen molar-refractivity contribution in [3.63, 3.8) is 0 Å². The van der Waals surface area contributed by atoms with E-state index in [0.29, 0.717) is 0 Å². The molecule has 8 heteroatoms. The van der Waals surface area contributed by atoms with E-state index in [0.717, 1.165) is 6.20 Å². The molecule has 0 bridgehead atoms. The van der Waals surface area contributed by atoms with Gasteiger partial charge in [0.25, 0.3) is 12.1 Å². The summed E-state index contributed by atoms with van der Waals surface area (Å²) in [5.74, 6) is -0.720. The topological polar surface area (TPSA) is 82.3 Å². The Morgan fingerprint density at radius 1 is 1.58 bits per heavy atom. The number of carbonyl (C=O) groups is 1. The molecule has 0 spiro atoms. The summed E-state index contributed by atoms with van der Waals surface area (Å²) in [7, 11) is 0.